The smallest absolute Gasteiger partial charge is 0.227 e. The maximum atomic E-state index is 12.6. The van der Waals surface area contributed by atoms with Crippen LogP contribution in [0.1, 0.15) is 19.3 Å². The van der Waals surface area contributed by atoms with E-state index in [4.69, 9.17) is 4.74 Å². The van der Waals surface area contributed by atoms with E-state index >= 15 is 0 Å². The topological polar surface area (TPSA) is 72.3 Å². The molecule has 0 saturated carbocycles. The summed E-state index contributed by atoms with van der Waals surface area (Å²) in [6.07, 6.45) is 10.0. The molecule has 1 fully saturated rings. The average Bonchev–Trinajstić information content (AvgIpc) is 3.30. The number of anilines is 1. The molecule has 1 aliphatic heterocycles. The van der Waals surface area contributed by atoms with Crippen molar-refractivity contribution in [2.75, 3.05) is 25.0 Å². The number of hydrogen-bond acceptors (Lipinski definition) is 5. The molecule has 0 radical (unpaired) electrons. The number of likely N-dealkylation sites (tertiary alicyclic amines) is 1. The van der Waals surface area contributed by atoms with Crippen LogP contribution in [0.3, 0.4) is 0 Å². The van der Waals surface area contributed by atoms with Crippen molar-refractivity contribution in [3.05, 3.63) is 67.3 Å². The van der Waals surface area contributed by atoms with Crippen LogP contribution in [-0.2, 0) is 11.3 Å². The molecule has 0 atom stereocenters. The predicted molar refractivity (Wildman–Crippen MR) is 115 cm³/mol. The Morgan fingerprint density at radius 2 is 1.87 bits per heavy atom. The molecule has 1 aliphatic rings. The highest BCUT2D eigenvalue weighted by molar-refractivity contribution is 5.92. The second-order valence-electron chi connectivity index (χ2n) is 7.54. The number of pyridine rings is 1. The largest absolute Gasteiger partial charge is 0.456 e. The molecule has 1 N–H and O–H groups in total. The molecule has 156 valence electrons. The molecule has 3 aromatic rings. The molecule has 7 nitrogen and oxygen atoms in total. The second kappa shape index (κ2) is 10.0. The van der Waals surface area contributed by atoms with Crippen molar-refractivity contribution in [2.45, 2.75) is 25.8 Å². The van der Waals surface area contributed by atoms with E-state index in [1.165, 1.54) is 0 Å². The number of hydrogen-bond donors (Lipinski definition) is 1. The van der Waals surface area contributed by atoms with E-state index in [1.54, 1.807) is 12.4 Å². The summed E-state index contributed by atoms with van der Waals surface area (Å²) in [5.74, 6) is 1.57. The standard InChI is InChI=1S/C23H27N5O2/c29-23(19-9-16-27(17-10-19)13-3-15-28-14-2-12-25-28)26-20-5-7-21(8-6-20)30-22-4-1-11-24-18-22/h1-2,4-8,11-12,14,18-19H,3,9-10,13,15-17H2,(H,26,29). The second-order valence-corrected chi connectivity index (χ2v) is 7.54. The van der Waals surface area contributed by atoms with Gasteiger partial charge in [-0.3, -0.25) is 14.5 Å². The van der Waals surface area contributed by atoms with Gasteiger partial charge in [-0.25, -0.2) is 0 Å². The third-order valence-electron chi connectivity index (χ3n) is 5.37. The van der Waals surface area contributed by atoms with E-state index < -0.39 is 0 Å². The lowest BCUT2D eigenvalue weighted by Crippen LogP contribution is -2.38. The van der Waals surface area contributed by atoms with Crippen LogP contribution in [0.2, 0.25) is 0 Å². The predicted octanol–water partition coefficient (Wildman–Crippen LogP) is 3.81. The zero-order chi connectivity index (χ0) is 20.6. The van der Waals surface area contributed by atoms with Gasteiger partial charge >= 0.3 is 0 Å². The summed E-state index contributed by atoms with van der Waals surface area (Å²) in [7, 11) is 0. The maximum absolute atomic E-state index is 12.6. The Morgan fingerprint density at radius 3 is 2.57 bits per heavy atom. The van der Waals surface area contributed by atoms with Crippen molar-refractivity contribution >= 4 is 11.6 Å². The molecule has 0 bridgehead atoms. The number of ether oxygens (including phenoxy) is 1. The van der Waals surface area contributed by atoms with Crippen molar-refractivity contribution in [2.24, 2.45) is 5.92 Å². The van der Waals surface area contributed by atoms with E-state index in [0.717, 1.165) is 51.1 Å². The number of carbonyl (C=O) groups excluding carboxylic acids is 1. The Kier molecular flexibility index (Phi) is 6.72. The number of rotatable bonds is 8. The van der Waals surface area contributed by atoms with Crippen LogP contribution in [0.4, 0.5) is 5.69 Å². The molecule has 7 heteroatoms. The van der Waals surface area contributed by atoms with E-state index in [2.05, 4.69) is 20.3 Å². The summed E-state index contributed by atoms with van der Waals surface area (Å²) in [5, 5.41) is 7.28. The van der Waals surface area contributed by atoms with Crippen LogP contribution < -0.4 is 10.1 Å². The van der Waals surface area contributed by atoms with Crippen LogP contribution >= 0.6 is 0 Å². The zero-order valence-corrected chi connectivity index (χ0v) is 17.0. The number of carbonyl (C=O) groups is 1. The van der Waals surface area contributed by atoms with Gasteiger partial charge in [0.05, 0.1) is 6.20 Å². The van der Waals surface area contributed by atoms with Gasteiger partial charge < -0.3 is 15.0 Å². The van der Waals surface area contributed by atoms with Crippen molar-refractivity contribution in [3.8, 4) is 11.5 Å². The molecule has 0 spiro atoms. The first-order chi connectivity index (χ1) is 14.8. The summed E-state index contributed by atoms with van der Waals surface area (Å²) in [6, 6.07) is 13.1. The van der Waals surface area contributed by atoms with Gasteiger partial charge in [-0.05, 0) is 81.4 Å². The lowest BCUT2D eigenvalue weighted by Gasteiger charge is -2.31. The first kappa shape index (κ1) is 20.1. The van der Waals surface area contributed by atoms with Crippen LogP contribution in [0.15, 0.2) is 67.3 Å². The number of amides is 1. The normalized spacial score (nSPS) is 15.1. The Hall–Kier alpha value is -3.19. The van der Waals surface area contributed by atoms with Gasteiger partial charge in [0.2, 0.25) is 5.91 Å². The van der Waals surface area contributed by atoms with Gasteiger partial charge in [0.25, 0.3) is 0 Å². The van der Waals surface area contributed by atoms with Crippen LogP contribution in [0.25, 0.3) is 0 Å². The van der Waals surface area contributed by atoms with E-state index in [1.807, 2.05) is 59.5 Å². The van der Waals surface area contributed by atoms with E-state index in [-0.39, 0.29) is 11.8 Å². The minimum atomic E-state index is 0.0682. The Labute approximate surface area is 176 Å². The average molecular weight is 406 g/mol. The van der Waals surface area contributed by atoms with Gasteiger partial charge in [-0.2, -0.15) is 5.10 Å². The molecule has 4 rings (SSSR count). The van der Waals surface area contributed by atoms with E-state index in [9.17, 15) is 4.79 Å². The van der Waals surface area contributed by atoms with Crippen LogP contribution in [-0.4, -0.2) is 45.2 Å². The lowest BCUT2D eigenvalue weighted by atomic mass is 9.95. The molecule has 2 aromatic heterocycles. The first-order valence-electron chi connectivity index (χ1n) is 10.4. The molecule has 3 heterocycles. The highest BCUT2D eigenvalue weighted by Gasteiger charge is 2.24. The third kappa shape index (κ3) is 5.67. The maximum Gasteiger partial charge on any atom is 0.227 e. The Bertz CT molecular complexity index is 905. The fourth-order valence-corrected chi connectivity index (χ4v) is 3.70. The SMILES string of the molecule is O=C(Nc1ccc(Oc2cccnc2)cc1)C1CCN(CCCn2cccn2)CC1. The minimum Gasteiger partial charge on any atom is -0.456 e. The molecule has 0 aliphatic carbocycles. The number of piperidine rings is 1. The van der Waals surface area contributed by atoms with Crippen molar-refractivity contribution in [3.63, 3.8) is 0 Å². The quantitative estimate of drug-likeness (QED) is 0.617. The van der Waals surface area contributed by atoms with Crippen LogP contribution in [0.5, 0.6) is 11.5 Å². The molecule has 0 unspecified atom stereocenters. The summed E-state index contributed by atoms with van der Waals surface area (Å²) in [6.45, 7) is 3.92. The van der Waals surface area contributed by atoms with Gasteiger partial charge in [0.15, 0.2) is 0 Å². The molecule has 1 saturated heterocycles. The van der Waals surface area contributed by atoms with Gasteiger partial charge in [-0.15, -0.1) is 0 Å². The number of aromatic nitrogens is 3. The van der Waals surface area contributed by atoms with Crippen molar-refractivity contribution in [1.82, 2.24) is 19.7 Å². The third-order valence-corrected chi connectivity index (χ3v) is 5.37. The summed E-state index contributed by atoms with van der Waals surface area (Å²) in [5.41, 5.74) is 0.792. The number of nitrogens with zero attached hydrogens (tertiary/aromatic N) is 4. The van der Waals surface area contributed by atoms with Crippen molar-refractivity contribution < 1.29 is 9.53 Å². The Morgan fingerprint density at radius 1 is 1.03 bits per heavy atom. The summed E-state index contributed by atoms with van der Waals surface area (Å²) in [4.78, 5) is 19.1. The molecular formula is C23H27N5O2. The molecule has 30 heavy (non-hydrogen) atoms. The summed E-state index contributed by atoms with van der Waals surface area (Å²) >= 11 is 0. The first-order valence-corrected chi connectivity index (χ1v) is 10.4. The molecular weight excluding hydrogens is 378 g/mol. The van der Waals surface area contributed by atoms with E-state index in [0.29, 0.717) is 11.5 Å². The highest BCUT2D eigenvalue weighted by atomic mass is 16.5. The highest BCUT2D eigenvalue weighted by Crippen LogP contribution is 2.24. The molecule has 1 amide bonds. The minimum absolute atomic E-state index is 0.0682. The Balaban J connectivity index is 1.19. The van der Waals surface area contributed by atoms with Crippen molar-refractivity contribution in [1.29, 1.82) is 0 Å². The zero-order valence-electron chi connectivity index (χ0n) is 17.0. The van der Waals surface area contributed by atoms with Gasteiger partial charge in [0, 0.05) is 36.7 Å². The fraction of sp³-hybridized carbons (Fsp3) is 0.348. The fourth-order valence-electron chi connectivity index (χ4n) is 3.70. The van der Waals surface area contributed by atoms with Gasteiger partial charge in [-0.1, -0.05) is 0 Å². The van der Waals surface area contributed by atoms with Crippen LogP contribution in [0, 0.1) is 5.92 Å². The number of nitrogens with one attached hydrogen (secondary N) is 1. The van der Waals surface area contributed by atoms with Gasteiger partial charge in [0.1, 0.15) is 11.5 Å². The monoisotopic (exact) mass is 405 g/mol. The number of benzene rings is 1. The molecule has 1 aromatic carbocycles. The summed E-state index contributed by atoms with van der Waals surface area (Å²) < 4.78 is 7.70. The lowest BCUT2D eigenvalue weighted by molar-refractivity contribution is -0.121. The number of aryl methyl sites for hydroxylation is 1.